The summed E-state index contributed by atoms with van der Waals surface area (Å²) in [6.45, 7) is 7.67. The van der Waals surface area contributed by atoms with Crippen molar-refractivity contribution in [2.45, 2.75) is 46.3 Å². The van der Waals surface area contributed by atoms with Gasteiger partial charge >= 0.3 is 6.09 Å². The van der Waals surface area contributed by atoms with Crippen LogP contribution >= 0.6 is 0 Å². The predicted octanol–water partition coefficient (Wildman–Crippen LogP) is 2.36. The molecule has 0 atom stereocenters. The number of nitrogens with zero attached hydrogens (tertiary/aromatic N) is 2. The van der Waals surface area contributed by atoms with Crippen molar-refractivity contribution < 1.29 is 14.6 Å². The molecule has 0 radical (unpaired) electrons. The topological polar surface area (TPSA) is 62.7 Å². The van der Waals surface area contributed by atoms with Crippen molar-refractivity contribution in [3.63, 3.8) is 0 Å². The summed E-state index contributed by atoms with van der Waals surface area (Å²) in [5.74, 6) is 5.60. The van der Waals surface area contributed by atoms with Gasteiger partial charge in [0.25, 0.3) is 0 Å². The number of rotatable bonds is 0. The highest BCUT2D eigenvalue weighted by Crippen LogP contribution is 2.22. The highest BCUT2D eigenvalue weighted by molar-refractivity contribution is 5.70. The minimum Gasteiger partial charge on any atom is -0.444 e. The number of pyridine rings is 1. The number of carbonyl (C=O) groups is 1. The lowest BCUT2D eigenvalue weighted by atomic mass is 9.95. The minimum absolute atomic E-state index is 0. The van der Waals surface area contributed by atoms with E-state index in [1.165, 1.54) is 4.90 Å². The molecule has 1 fully saturated rings. The fourth-order valence-electron chi connectivity index (χ4n) is 1.84. The molecule has 0 unspecified atom stereocenters. The zero-order chi connectivity index (χ0) is 15.7. The maximum Gasteiger partial charge on any atom is 0.410 e. The number of hydrogen-bond acceptors (Lipinski definition) is 4. The van der Waals surface area contributed by atoms with Crippen LogP contribution in [-0.2, 0) is 4.74 Å². The molecular formula is C17H24N2O3. The van der Waals surface area contributed by atoms with Crippen LogP contribution in [0.1, 0.15) is 39.5 Å². The first-order chi connectivity index (χ1) is 9.67. The third-order valence-electron chi connectivity index (χ3n) is 2.89. The first-order valence-corrected chi connectivity index (χ1v) is 6.83. The summed E-state index contributed by atoms with van der Waals surface area (Å²) in [4.78, 5) is 17.4. The molecule has 0 spiro atoms. The molecule has 22 heavy (non-hydrogen) atoms. The average Bonchev–Trinajstić information content (AvgIpc) is 2.32. The quantitative estimate of drug-likeness (QED) is 0.747. The van der Waals surface area contributed by atoms with Gasteiger partial charge in [0.15, 0.2) is 5.60 Å². The van der Waals surface area contributed by atoms with Gasteiger partial charge in [-0.05, 0) is 45.2 Å². The van der Waals surface area contributed by atoms with Crippen LogP contribution in [-0.4, -0.2) is 45.4 Å². The maximum absolute atomic E-state index is 11.8. The molecule has 1 aliphatic heterocycles. The standard InChI is InChI=1S/C16H20N2O3.CH4/c1-12-5-6-13(17-9-12)7-8-16(20)10-18(11-16)14(19)21-15(2,3)4;/h5-6,9,20H,10-11H2,1-4H3;1H4. The van der Waals surface area contributed by atoms with Crippen molar-refractivity contribution >= 4 is 6.09 Å². The van der Waals surface area contributed by atoms with Gasteiger partial charge in [-0.2, -0.15) is 0 Å². The second-order valence-electron chi connectivity index (χ2n) is 6.34. The lowest BCUT2D eigenvalue weighted by Gasteiger charge is -2.43. The van der Waals surface area contributed by atoms with Crippen molar-refractivity contribution in [1.29, 1.82) is 0 Å². The van der Waals surface area contributed by atoms with E-state index in [0.29, 0.717) is 5.69 Å². The smallest absolute Gasteiger partial charge is 0.410 e. The van der Waals surface area contributed by atoms with E-state index >= 15 is 0 Å². The van der Waals surface area contributed by atoms with Gasteiger partial charge in [0, 0.05) is 6.20 Å². The average molecular weight is 304 g/mol. The molecule has 2 rings (SSSR count). The van der Waals surface area contributed by atoms with Crippen LogP contribution < -0.4 is 0 Å². The normalized spacial score (nSPS) is 15.8. The van der Waals surface area contributed by atoms with Crippen molar-refractivity contribution in [2.75, 3.05) is 13.1 Å². The Kier molecular flexibility index (Phi) is 5.21. The molecule has 0 aliphatic carbocycles. The van der Waals surface area contributed by atoms with Gasteiger partial charge in [0.05, 0.1) is 13.1 Å². The van der Waals surface area contributed by atoms with Crippen molar-refractivity contribution in [3.05, 3.63) is 29.6 Å². The molecule has 0 saturated carbocycles. The van der Waals surface area contributed by atoms with Crippen LogP contribution in [0.15, 0.2) is 18.3 Å². The lowest BCUT2D eigenvalue weighted by molar-refractivity contribution is -0.0637. The third kappa shape index (κ3) is 4.74. The van der Waals surface area contributed by atoms with Crippen LogP contribution in [0.3, 0.4) is 0 Å². The van der Waals surface area contributed by atoms with Crippen LogP contribution in [0.5, 0.6) is 0 Å². The molecule has 120 valence electrons. The third-order valence-corrected chi connectivity index (χ3v) is 2.89. The Labute approximate surface area is 132 Å². The summed E-state index contributed by atoms with van der Waals surface area (Å²) >= 11 is 0. The Hall–Kier alpha value is -2.06. The largest absolute Gasteiger partial charge is 0.444 e. The summed E-state index contributed by atoms with van der Waals surface area (Å²) in [6.07, 6.45) is 1.30. The highest BCUT2D eigenvalue weighted by Gasteiger charge is 2.44. The first kappa shape index (κ1) is 18.0. The van der Waals surface area contributed by atoms with Crippen molar-refractivity contribution in [2.24, 2.45) is 0 Å². The van der Waals surface area contributed by atoms with Crippen LogP contribution in [0, 0.1) is 18.8 Å². The fourth-order valence-corrected chi connectivity index (χ4v) is 1.84. The Bertz CT molecular complexity index is 585. The van der Waals surface area contributed by atoms with Crippen LogP contribution in [0.25, 0.3) is 0 Å². The van der Waals surface area contributed by atoms with Gasteiger partial charge < -0.3 is 14.7 Å². The van der Waals surface area contributed by atoms with E-state index in [-0.39, 0.29) is 20.5 Å². The van der Waals surface area contributed by atoms with Crippen LogP contribution in [0.2, 0.25) is 0 Å². The van der Waals surface area contributed by atoms with Gasteiger partial charge in [-0.3, -0.25) is 0 Å². The zero-order valence-corrected chi connectivity index (χ0v) is 12.8. The van der Waals surface area contributed by atoms with Gasteiger partial charge in [0.1, 0.15) is 11.3 Å². The molecule has 1 aromatic rings. The maximum atomic E-state index is 11.8. The molecule has 1 N–H and O–H groups in total. The second-order valence-corrected chi connectivity index (χ2v) is 6.34. The SMILES string of the molecule is C.Cc1ccc(C#CC2(O)CN(C(=O)OC(C)(C)C)C2)nc1. The van der Waals surface area contributed by atoms with Crippen molar-refractivity contribution in [1.82, 2.24) is 9.88 Å². The fraction of sp³-hybridized carbons (Fsp3) is 0.529. The van der Waals surface area contributed by atoms with E-state index in [4.69, 9.17) is 4.74 Å². The number of hydrogen-bond donors (Lipinski definition) is 1. The Morgan fingerprint density at radius 3 is 2.55 bits per heavy atom. The Morgan fingerprint density at radius 2 is 2.05 bits per heavy atom. The van der Waals surface area contributed by atoms with Crippen LogP contribution in [0.4, 0.5) is 4.79 Å². The lowest BCUT2D eigenvalue weighted by Crippen LogP contribution is -2.63. The summed E-state index contributed by atoms with van der Waals surface area (Å²) in [7, 11) is 0. The van der Waals surface area contributed by atoms with E-state index in [1.807, 2.05) is 13.0 Å². The first-order valence-electron chi connectivity index (χ1n) is 6.83. The summed E-state index contributed by atoms with van der Waals surface area (Å²) in [5.41, 5.74) is -0.0603. The van der Waals surface area contributed by atoms with E-state index < -0.39 is 17.3 Å². The highest BCUT2D eigenvalue weighted by atomic mass is 16.6. The zero-order valence-electron chi connectivity index (χ0n) is 12.8. The molecule has 2 heterocycles. The number of aromatic nitrogens is 1. The summed E-state index contributed by atoms with van der Waals surface area (Å²) in [5, 5.41) is 10.2. The summed E-state index contributed by atoms with van der Waals surface area (Å²) in [6, 6.07) is 3.71. The van der Waals surface area contributed by atoms with Gasteiger partial charge in [0.2, 0.25) is 0 Å². The Balaban J connectivity index is 0.00000242. The molecule has 0 bridgehead atoms. The van der Waals surface area contributed by atoms with E-state index in [1.54, 1.807) is 33.0 Å². The van der Waals surface area contributed by atoms with Crippen molar-refractivity contribution in [3.8, 4) is 11.8 Å². The molecule has 1 aromatic heterocycles. The number of likely N-dealkylation sites (tertiary alicyclic amines) is 1. The number of aliphatic hydroxyl groups is 1. The molecule has 1 saturated heterocycles. The van der Waals surface area contributed by atoms with E-state index in [0.717, 1.165) is 5.56 Å². The number of aryl methyl sites for hydroxylation is 1. The molecule has 5 heteroatoms. The predicted molar refractivity (Wildman–Crippen MR) is 85.3 cm³/mol. The summed E-state index contributed by atoms with van der Waals surface area (Å²) < 4.78 is 5.23. The number of ether oxygens (including phenoxy) is 1. The molecule has 1 aliphatic rings. The number of carbonyl (C=O) groups excluding carboxylic acids is 1. The molecule has 5 nitrogen and oxygen atoms in total. The van der Waals surface area contributed by atoms with E-state index in [9.17, 15) is 9.90 Å². The molecular weight excluding hydrogens is 280 g/mol. The van der Waals surface area contributed by atoms with E-state index in [2.05, 4.69) is 16.8 Å². The second kappa shape index (κ2) is 6.37. The van der Waals surface area contributed by atoms with Gasteiger partial charge in [-0.1, -0.05) is 19.4 Å². The molecule has 1 amide bonds. The monoisotopic (exact) mass is 304 g/mol. The minimum atomic E-state index is -1.18. The van der Waals surface area contributed by atoms with Gasteiger partial charge in [-0.15, -0.1) is 0 Å². The Morgan fingerprint density at radius 1 is 1.41 bits per heavy atom. The number of β-amino-alcohol motifs (C(OH)–C–C–N with tert-alkyl or cyclic N) is 1. The molecule has 0 aromatic carbocycles. The van der Waals surface area contributed by atoms with Gasteiger partial charge in [-0.25, -0.2) is 9.78 Å². The number of amides is 1.